The molecule has 0 radical (unpaired) electrons. The monoisotopic (exact) mass is 250 g/mol. The zero-order chi connectivity index (χ0) is 10.0. The summed E-state index contributed by atoms with van der Waals surface area (Å²) in [6.07, 6.45) is 0. The van der Waals surface area contributed by atoms with Crippen molar-refractivity contribution in [2.45, 2.75) is 0 Å². The van der Waals surface area contributed by atoms with Gasteiger partial charge in [0.05, 0.1) is 0 Å². The van der Waals surface area contributed by atoms with Crippen molar-refractivity contribution in [3.8, 4) is 0 Å². The second-order valence-corrected chi connectivity index (χ2v) is 3.05. The van der Waals surface area contributed by atoms with E-state index in [9.17, 15) is 13.2 Å². The molecule has 70 valence electrons. The van der Waals surface area contributed by atoms with Gasteiger partial charge in [-0.15, -0.1) is 0 Å². The Balaban J connectivity index is 3.20. The smallest absolute Gasteiger partial charge is 0.194 e. The van der Waals surface area contributed by atoms with Gasteiger partial charge in [0, 0.05) is 5.33 Å². The van der Waals surface area contributed by atoms with Gasteiger partial charge in [0.1, 0.15) is 0 Å². The van der Waals surface area contributed by atoms with Gasteiger partial charge in [-0.2, -0.15) is 0 Å². The molecule has 0 nitrogen and oxygen atoms in total. The summed E-state index contributed by atoms with van der Waals surface area (Å²) in [4.78, 5) is 0. The highest BCUT2D eigenvalue weighted by molar-refractivity contribution is 9.09. The Labute approximate surface area is 82.2 Å². The SMILES string of the molecule is C=C(CBr)c1cc(F)c(F)c(F)c1. The normalized spacial score (nSPS) is 10.2. The summed E-state index contributed by atoms with van der Waals surface area (Å²) in [5.74, 6) is -3.85. The van der Waals surface area contributed by atoms with Gasteiger partial charge in [0.2, 0.25) is 0 Å². The lowest BCUT2D eigenvalue weighted by Crippen LogP contribution is -1.94. The van der Waals surface area contributed by atoms with Gasteiger partial charge in [0.25, 0.3) is 0 Å². The first kappa shape index (κ1) is 10.3. The Hall–Kier alpha value is -0.770. The van der Waals surface area contributed by atoms with Crippen LogP contribution in [-0.2, 0) is 0 Å². The molecule has 0 N–H and O–H groups in total. The summed E-state index contributed by atoms with van der Waals surface area (Å²) in [5, 5.41) is 0.386. The number of alkyl halides is 1. The highest BCUT2D eigenvalue weighted by atomic mass is 79.9. The molecule has 0 spiro atoms. The quantitative estimate of drug-likeness (QED) is 0.557. The molecule has 0 aliphatic heterocycles. The third-order valence-corrected chi connectivity index (χ3v) is 2.23. The minimum absolute atomic E-state index is 0.258. The Morgan fingerprint density at radius 2 is 1.69 bits per heavy atom. The van der Waals surface area contributed by atoms with E-state index in [1.165, 1.54) is 0 Å². The van der Waals surface area contributed by atoms with Crippen LogP contribution in [0.15, 0.2) is 18.7 Å². The molecule has 4 heteroatoms. The number of halogens is 4. The summed E-state index contributed by atoms with van der Waals surface area (Å²) in [6, 6.07) is 1.84. The second kappa shape index (κ2) is 3.96. The molecule has 1 aromatic carbocycles. The van der Waals surface area contributed by atoms with Crippen molar-refractivity contribution in [1.29, 1.82) is 0 Å². The molecule has 0 aliphatic carbocycles. The van der Waals surface area contributed by atoms with E-state index < -0.39 is 17.5 Å². The van der Waals surface area contributed by atoms with Crippen LogP contribution >= 0.6 is 15.9 Å². The third-order valence-electron chi connectivity index (χ3n) is 1.55. The van der Waals surface area contributed by atoms with E-state index in [4.69, 9.17) is 0 Å². The van der Waals surface area contributed by atoms with Crippen molar-refractivity contribution >= 4 is 21.5 Å². The van der Waals surface area contributed by atoms with Crippen LogP contribution in [0.4, 0.5) is 13.2 Å². The largest absolute Gasteiger partial charge is 0.204 e. The summed E-state index contributed by atoms with van der Waals surface area (Å²) in [6.45, 7) is 3.55. The summed E-state index contributed by atoms with van der Waals surface area (Å²) >= 11 is 3.08. The van der Waals surface area contributed by atoms with E-state index in [1.54, 1.807) is 0 Å². The molecule has 1 aromatic rings. The molecule has 0 atom stereocenters. The fraction of sp³-hybridized carbons (Fsp3) is 0.111. The topological polar surface area (TPSA) is 0 Å². The van der Waals surface area contributed by atoms with Crippen LogP contribution in [0.2, 0.25) is 0 Å². The Kier molecular flexibility index (Phi) is 3.14. The minimum Gasteiger partial charge on any atom is -0.204 e. The van der Waals surface area contributed by atoms with E-state index in [2.05, 4.69) is 22.5 Å². The first-order valence-electron chi connectivity index (χ1n) is 3.45. The van der Waals surface area contributed by atoms with Gasteiger partial charge in [-0.3, -0.25) is 0 Å². The highest BCUT2D eigenvalue weighted by Gasteiger charge is 2.11. The van der Waals surface area contributed by atoms with E-state index in [1.807, 2.05) is 0 Å². The standard InChI is InChI=1S/C9H6BrF3/c1-5(4-10)6-2-7(11)9(13)8(12)3-6/h2-3H,1,4H2. The summed E-state index contributed by atoms with van der Waals surface area (Å²) in [7, 11) is 0. The van der Waals surface area contributed by atoms with Crippen LogP contribution in [0, 0.1) is 17.5 Å². The zero-order valence-electron chi connectivity index (χ0n) is 6.58. The van der Waals surface area contributed by atoms with Gasteiger partial charge in [-0.1, -0.05) is 22.5 Å². The maximum absolute atomic E-state index is 12.7. The van der Waals surface area contributed by atoms with Crippen molar-refractivity contribution < 1.29 is 13.2 Å². The molecule has 0 saturated carbocycles. The predicted molar refractivity (Wildman–Crippen MR) is 49.1 cm³/mol. The predicted octanol–water partition coefficient (Wildman–Crippen LogP) is 3.51. The fourth-order valence-corrected chi connectivity index (χ4v) is 1.16. The average Bonchev–Trinajstić information content (AvgIpc) is 2.12. The van der Waals surface area contributed by atoms with Crippen LogP contribution < -0.4 is 0 Å². The molecule has 0 bridgehead atoms. The summed E-state index contributed by atoms with van der Waals surface area (Å²) in [5.41, 5.74) is 0.756. The van der Waals surface area contributed by atoms with Gasteiger partial charge in [-0.05, 0) is 23.3 Å². The van der Waals surface area contributed by atoms with Gasteiger partial charge >= 0.3 is 0 Å². The van der Waals surface area contributed by atoms with Gasteiger partial charge in [0.15, 0.2) is 17.5 Å². The molecule has 0 aliphatic rings. The first-order valence-corrected chi connectivity index (χ1v) is 4.57. The number of rotatable bonds is 2. The lowest BCUT2D eigenvalue weighted by molar-refractivity contribution is 0.446. The molecule has 1 rings (SSSR count). The molecule has 0 fully saturated rings. The first-order chi connectivity index (χ1) is 6.06. The molecular weight excluding hydrogens is 245 g/mol. The van der Waals surface area contributed by atoms with Crippen molar-refractivity contribution in [3.63, 3.8) is 0 Å². The van der Waals surface area contributed by atoms with Crippen LogP contribution in [0.25, 0.3) is 5.57 Å². The van der Waals surface area contributed by atoms with Crippen LogP contribution in [0.3, 0.4) is 0 Å². The highest BCUT2D eigenvalue weighted by Crippen LogP contribution is 2.20. The average molecular weight is 251 g/mol. The van der Waals surface area contributed by atoms with Crippen molar-refractivity contribution in [1.82, 2.24) is 0 Å². The van der Waals surface area contributed by atoms with E-state index in [-0.39, 0.29) is 5.56 Å². The van der Waals surface area contributed by atoms with E-state index in [0.717, 1.165) is 12.1 Å². The van der Waals surface area contributed by atoms with Crippen LogP contribution in [0.1, 0.15) is 5.56 Å². The maximum atomic E-state index is 12.7. The number of hydrogen-bond donors (Lipinski definition) is 0. The van der Waals surface area contributed by atoms with Crippen molar-refractivity contribution in [3.05, 3.63) is 41.7 Å². The minimum atomic E-state index is -1.45. The lowest BCUT2D eigenvalue weighted by atomic mass is 10.1. The van der Waals surface area contributed by atoms with Crippen molar-refractivity contribution in [2.24, 2.45) is 0 Å². The zero-order valence-corrected chi connectivity index (χ0v) is 8.17. The molecule has 0 aromatic heterocycles. The molecule has 0 amide bonds. The number of benzene rings is 1. The third kappa shape index (κ3) is 2.12. The Bertz CT molecular complexity index is 324. The Morgan fingerprint density at radius 1 is 1.23 bits per heavy atom. The summed E-state index contributed by atoms with van der Waals surface area (Å²) < 4.78 is 37.8. The fourth-order valence-electron chi connectivity index (χ4n) is 0.837. The van der Waals surface area contributed by atoms with E-state index >= 15 is 0 Å². The molecular formula is C9H6BrF3. The van der Waals surface area contributed by atoms with Gasteiger partial charge in [-0.25, -0.2) is 13.2 Å². The molecule has 0 saturated heterocycles. The van der Waals surface area contributed by atoms with Crippen LogP contribution in [-0.4, -0.2) is 5.33 Å². The van der Waals surface area contributed by atoms with Crippen LogP contribution in [0.5, 0.6) is 0 Å². The van der Waals surface area contributed by atoms with Gasteiger partial charge < -0.3 is 0 Å². The molecule has 0 unspecified atom stereocenters. The second-order valence-electron chi connectivity index (χ2n) is 2.49. The number of allylic oxidation sites excluding steroid dienone is 1. The molecule has 0 heterocycles. The van der Waals surface area contributed by atoms with Crippen molar-refractivity contribution in [2.75, 3.05) is 5.33 Å². The molecule has 13 heavy (non-hydrogen) atoms. The lowest BCUT2D eigenvalue weighted by Gasteiger charge is -2.03. The Morgan fingerprint density at radius 3 is 2.08 bits per heavy atom. The number of hydrogen-bond acceptors (Lipinski definition) is 0. The maximum Gasteiger partial charge on any atom is 0.194 e. The van der Waals surface area contributed by atoms with E-state index in [0.29, 0.717) is 10.9 Å².